The zero-order valence-electron chi connectivity index (χ0n) is 18.1. The van der Waals surface area contributed by atoms with Gasteiger partial charge >= 0.3 is 0 Å². The molecule has 9 heteroatoms. The Labute approximate surface area is 202 Å². The molecule has 2 aromatic heterocycles. The summed E-state index contributed by atoms with van der Waals surface area (Å²) in [5.74, 6) is 0.661. The molecule has 0 saturated carbocycles. The van der Waals surface area contributed by atoms with E-state index >= 15 is 0 Å². The number of carbonyl (C=O) groups excluding carboxylic acids is 1. The molecule has 3 heterocycles. The summed E-state index contributed by atoms with van der Waals surface area (Å²) in [6, 6.07) is 9.38. The van der Waals surface area contributed by atoms with Gasteiger partial charge in [-0.1, -0.05) is 0 Å². The normalized spacial score (nSPS) is 16.0. The lowest BCUT2D eigenvalue weighted by molar-refractivity contribution is -0.108. The molecule has 1 aromatic carbocycles. The number of hydrogen-bond acceptors (Lipinski definition) is 5. The van der Waals surface area contributed by atoms with Gasteiger partial charge in [-0.15, -0.1) is 0 Å². The molecule has 0 aliphatic carbocycles. The summed E-state index contributed by atoms with van der Waals surface area (Å²) in [7, 11) is -3.60. The Hall–Kier alpha value is -1.98. The maximum Gasteiger partial charge on any atom is 0.244 e. The van der Waals surface area contributed by atoms with E-state index in [0.29, 0.717) is 25.5 Å². The first-order valence-corrected chi connectivity index (χ1v) is 13.2. The highest BCUT2D eigenvalue weighted by Gasteiger charge is 2.31. The van der Waals surface area contributed by atoms with E-state index in [0.717, 1.165) is 33.6 Å². The van der Waals surface area contributed by atoms with Crippen molar-refractivity contribution in [2.45, 2.75) is 50.2 Å². The van der Waals surface area contributed by atoms with Crippen molar-refractivity contribution < 1.29 is 17.9 Å². The molecule has 170 valence electrons. The lowest BCUT2D eigenvalue weighted by Gasteiger charge is -2.31. The van der Waals surface area contributed by atoms with E-state index in [-0.39, 0.29) is 16.9 Å². The average molecular weight is 567 g/mol. The van der Waals surface area contributed by atoms with Crippen LogP contribution in [0.2, 0.25) is 0 Å². The second-order valence-electron chi connectivity index (χ2n) is 8.24. The molecule has 0 atom stereocenters. The first-order valence-electron chi connectivity index (χ1n) is 10.6. The van der Waals surface area contributed by atoms with Gasteiger partial charge in [0.2, 0.25) is 15.9 Å². The summed E-state index contributed by atoms with van der Waals surface area (Å²) in [6.07, 6.45) is 5.77. The van der Waals surface area contributed by atoms with Crippen LogP contribution in [0.5, 0.6) is 5.88 Å². The van der Waals surface area contributed by atoms with Crippen molar-refractivity contribution in [2.75, 3.05) is 13.1 Å². The van der Waals surface area contributed by atoms with Gasteiger partial charge in [0, 0.05) is 39.8 Å². The molecule has 4 rings (SSSR count). The van der Waals surface area contributed by atoms with E-state index in [4.69, 9.17) is 4.74 Å². The Morgan fingerprint density at radius 3 is 2.59 bits per heavy atom. The molecule has 1 fully saturated rings. The maximum absolute atomic E-state index is 13.1. The van der Waals surface area contributed by atoms with E-state index in [1.807, 2.05) is 30.5 Å². The van der Waals surface area contributed by atoms with E-state index in [1.54, 1.807) is 12.1 Å². The molecule has 1 saturated heterocycles. The number of pyridine rings is 1. The minimum Gasteiger partial charge on any atom is -0.475 e. The quantitative estimate of drug-likeness (QED) is 0.316. The summed E-state index contributed by atoms with van der Waals surface area (Å²) < 4.78 is 36.4. The number of fused-ring (bicyclic) bond motifs is 1. The fourth-order valence-electron chi connectivity index (χ4n) is 4.24. The highest BCUT2D eigenvalue weighted by molar-refractivity contribution is 14.1. The zero-order valence-corrected chi connectivity index (χ0v) is 21.0. The monoisotopic (exact) mass is 567 g/mol. The number of ether oxygens (including phenoxy) is 1. The van der Waals surface area contributed by atoms with E-state index in [2.05, 4.69) is 39.8 Å². The molecule has 32 heavy (non-hydrogen) atoms. The minimum absolute atomic E-state index is 0.0234. The highest BCUT2D eigenvalue weighted by Crippen LogP contribution is 2.36. The number of aromatic nitrogens is 2. The smallest absolute Gasteiger partial charge is 0.244 e. The number of benzene rings is 1. The second-order valence-corrected chi connectivity index (χ2v) is 11.4. The van der Waals surface area contributed by atoms with Crippen LogP contribution in [-0.4, -0.2) is 47.8 Å². The molecule has 0 unspecified atom stereocenters. The number of nitrogens with zero attached hydrogens (tertiary/aromatic N) is 3. The van der Waals surface area contributed by atoms with Crippen molar-refractivity contribution in [3.63, 3.8) is 0 Å². The fraction of sp³-hybridized carbons (Fsp3) is 0.391. The van der Waals surface area contributed by atoms with Gasteiger partial charge in [-0.2, -0.15) is 4.31 Å². The summed E-state index contributed by atoms with van der Waals surface area (Å²) >= 11 is 2.29. The number of piperidine rings is 1. The Kier molecular flexibility index (Phi) is 6.87. The number of halogens is 1. The van der Waals surface area contributed by atoms with E-state index in [9.17, 15) is 13.2 Å². The van der Waals surface area contributed by atoms with Crippen molar-refractivity contribution in [3.05, 3.63) is 51.9 Å². The maximum atomic E-state index is 13.1. The molecular formula is C23H26IN3O4S. The van der Waals surface area contributed by atoms with Crippen LogP contribution in [0.4, 0.5) is 0 Å². The first-order chi connectivity index (χ1) is 15.3. The standard InChI is InChI=1S/C23H26IN3O4S/c1-16(2)31-23-6-4-19(14-25-23)32(29,30)27-9-7-17(8-10-27)21-15-26(11-12-28)22-5-3-18(24)13-20(21)22/h3-6,12-17H,7-11H2,1-2H3. The van der Waals surface area contributed by atoms with Crippen molar-refractivity contribution in [3.8, 4) is 5.88 Å². The highest BCUT2D eigenvalue weighted by atomic mass is 127. The summed E-state index contributed by atoms with van der Waals surface area (Å²) in [4.78, 5) is 15.5. The van der Waals surface area contributed by atoms with Crippen LogP contribution in [0, 0.1) is 3.57 Å². The number of aldehydes is 1. The lowest BCUT2D eigenvalue weighted by atomic mass is 9.90. The number of rotatable bonds is 7. The topological polar surface area (TPSA) is 81.5 Å². The predicted octanol–water partition coefficient (Wildman–Crippen LogP) is 4.20. The Balaban J connectivity index is 1.52. The molecule has 0 bridgehead atoms. The van der Waals surface area contributed by atoms with Crippen LogP contribution >= 0.6 is 22.6 Å². The van der Waals surface area contributed by atoms with Crippen LogP contribution in [0.3, 0.4) is 0 Å². The Morgan fingerprint density at radius 2 is 1.97 bits per heavy atom. The summed E-state index contributed by atoms with van der Waals surface area (Å²) in [6.45, 7) is 5.00. The molecule has 0 spiro atoms. The van der Waals surface area contributed by atoms with Gasteiger partial charge < -0.3 is 14.1 Å². The fourth-order valence-corrected chi connectivity index (χ4v) is 6.15. The first kappa shape index (κ1) is 23.2. The Morgan fingerprint density at radius 1 is 1.22 bits per heavy atom. The molecule has 0 radical (unpaired) electrons. The summed E-state index contributed by atoms with van der Waals surface area (Å²) in [5.41, 5.74) is 2.23. The summed E-state index contributed by atoms with van der Waals surface area (Å²) in [5, 5.41) is 1.14. The lowest BCUT2D eigenvalue weighted by Crippen LogP contribution is -2.37. The second kappa shape index (κ2) is 9.48. The Bertz CT molecular complexity index is 1210. The number of hydrogen-bond donors (Lipinski definition) is 0. The van der Waals surface area contributed by atoms with Gasteiger partial charge in [-0.25, -0.2) is 13.4 Å². The molecule has 0 amide bonds. The molecule has 1 aliphatic heterocycles. The number of sulfonamides is 1. The molecule has 1 aliphatic rings. The zero-order chi connectivity index (χ0) is 22.9. The van der Waals surface area contributed by atoms with Gasteiger partial charge in [-0.3, -0.25) is 0 Å². The predicted molar refractivity (Wildman–Crippen MR) is 131 cm³/mol. The van der Waals surface area contributed by atoms with Crippen LogP contribution in [0.25, 0.3) is 10.9 Å². The van der Waals surface area contributed by atoms with Crippen LogP contribution < -0.4 is 4.74 Å². The van der Waals surface area contributed by atoms with Gasteiger partial charge in [0.15, 0.2) is 0 Å². The van der Waals surface area contributed by atoms with Crippen molar-refractivity contribution in [2.24, 2.45) is 0 Å². The molecule has 0 N–H and O–H groups in total. The SMILES string of the molecule is CC(C)Oc1ccc(S(=O)(=O)N2CCC(c3cn(CC=O)c4ccc(I)cc34)CC2)cn1. The third-order valence-corrected chi connectivity index (χ3v) is 8.30. The van der Waals surface area contributed by atoms with Crippen LogP contribution in [0.15, 0.2) is 47.6 Å². The third kappa shape index (κ3) is 4.69. The van der Waals surface area contributed by atoms with Gasteiger partial charge in [0.1, 0.15) is 11.2 Å². The van der Waals surface area contributed by atoms with E-state index in [1.165, 1.54) is 16.1 Å². The van der Waals surface area contributed by atoms with Crippen molar-refractivity contribution >= 4 is 49.8 Å². The van der Waals surface area contributed by atoms with Crippen molar-refractivity contribution in [1.29, 1.82) is 0 Å². The van der Waals surface area contributed by atoms with Gasteiger partial charge in [0.05, 0.1) is 18.8 Å². The van der Waals surface area contributed by atoms with Crippen molar-refractivity contribution in [1.82, 2.24) is 13.9 Å². The largest absolute Gasteiger partial charge is 0.475 e. The van der Waals surface area contributed by atoms with Gasteiger partial charge in [0.25, 0.3) is 0 Å². The van der Waals surface area contributed by atoms with Gasteiger partial charge in [-0.05, 0) is 85.0 Å². The third-order valence-electron chi connectivity index (χ3n) is 5.74. The average Bonchev–Trinajstić information content (AvgIpc) is 3.11. The molecule has 3 aromatic rings. The van der Waals surface area contributed by atoms with Crippen LogP contribution in [-0.2, 0) is 21.4 Å². The van der Waals surface area contributed by atoms with Crippen LogP contribution in [0.1, 0.15) is 38.2 Å². The number of carbonyl (C=O) groups is 1. The minimum atomic E-state index is -3.60. The molecular weight excluding hydrogens is 541 g/mol. The van der Waals surface area contributed by atoms with E-state index < -0.39 is 10.0 Å². The molecule has 7 nitrogen and oxygen atoms in total.